The largest absolute Gasteiger partial charge is 0.357 e. The van der Waals surface area contributed by atoms with Gasteiger partial charge in [-0.2, -0.15) is 0 Å². The average Bonchev–Trinajstić information content (AvgIpc) is 3.27. The molecule has 3 atom stereocenters. The highest BCUT2D eigenvalue weighted by Crippen LogP contribution is 2.33. The lowest BCUT2D eigenvalue weighted by atomic mass is 9.91. The maximum atomic E-state index is 4.49. The Bertz CT molecular complexity index is 477. The minimum atomic E-state index is 0.696. The number of hydrogen-bond donors (Lipinski definition) is 2. The van der Waals surface area contributed by atoms with Crippen molar-refractivity contribution in [2.24, 2.45) is 5.92 Å². The molecule has 1 saturated carbocycles. The summed E-state index contributed by atoms with van der Waals surface area (Å²) in [5, 5.41) is 7.77. The Morgan fingerprint density at radius 2 is 1.96 bits per heavy atom. The van der Waals surface area contributed by atoms with E-state index < -0.39 is 0 Å². The Kier molecular flexibility index (Phi) is 4.81. The number of hydrogen-bond acceptors (Lipinski definition) is 4. The SMILES string of the molecule is c1ccc(N2CCC(NC3CCCC3C3CCCN3)CC2)nc1. The fourth-order valence-electron chi connectivity index (χ4n) is 4.87. The summed E-state index contributed by atoms with van der Waals surface area (Å²) in [7, 11) is 0. The molecule has 3 fully saturated rings. The second kappa shape index (κ2) is 7.18. The van der Waals surface area contributed by atoms with Crippen molar-refractivity contribution in [3.8, 4) is 0 Å². The van der Waals surface area contributed by atoms with Crippen LogP contribution >= 0.6 is 0 Å². The third kappa shape index (κ3) is 3.53. The number of nitrogens with one attached hydrogen (secondary N) is 2. The molecule has 3 heterocycles. The van der Waals surface area contributed by atoms with Gasteiger partial charge in [-0.1, -0.05) is 12.5 Å². The Labute approximate surface area is 140 Å². The van der Waals surface area contributed by atoms with Gasteiger partial charge < -0.3 is 15.5 Å². The summed E-state index contributed by atoms with van der Waals surface area (Å²) in [5.74, 6) is 2.01. The number of anilines is 1. The summed E-state index contributed by atoms with van der Waals surface area (Å²) < 4.78 is 0. The number of rotatable bonds is 4. The van der Waals surface area contributed by atoms with Crippen molar-refractivity contribution in [2.45, 2.75) is 63.1 Å². The molecule has 126 valence electrons. The predicted molar refractivity (Wildman–Crippen MR) is 94.8 cm³/mol. The molecule has 2 N–H and O–H groups in total. The smallest absolute Gasteiger partial charge is 0.128 e. The zero-order chi connectivity index (χ0) is 15.5. The molecule has 1 aromatic rings. The number of pyridine rings is 1. The van der Waals surface area contributed by atoms with Gasteiger partial charge in [-0.25, -0.2) is 4.98 Å². The highest BCUT2D eigenvalue weighted by atomic mass is 15.2. The normalized spacial score (nSPS) is 32.5. The van der Waals surface area contributed by atoms with E-state index in [1.54, 1.807) is 0 Å². The molecule has 4 heteroatoms. The maximum Gasteiger partial charge on any atom is 0.128 e. The molecular formula is C19H30N4. The summed E-state index contributed by atoms with van der Waals surface area (Å²) in [5.41, 5.74) is 0. The van der Waals surface area contributed by atoms with Crippen molar-refractivity contribution in [1.29, 1.82) is 0 Å². The number of nitrogens with zero attached hydrogens (tertiary/aromatic N) is 2. The fourth-order valence-corrected chi connectivity index (χ4v) is 4.87. The molecule has 2 saturated heterocycles. The molecule has 0 amide bonds. The van der Waals surface area contributed by atoms with Gasteiger partial charge in [0.15, 0.2) is 0 Å². The molecular weight excluding hydrogens is 284 g/mol. The van der Waals surface area contributed by atoms with E-state index in [9.17, 15) is 0 Å². The Morgan fingerprint density at radius 1 is 1.04 bits per heavy atom. The van der Waals surface area contributed by atoms with Crippen LogP contribution in [0.2, 0.25) is 0 Å². The lowest BCUT2D eigenvalue weighted by Gasteiger charge is -2.36. The fraction of sp³-hybridized carbons (Fsp3) is 0.737. The molecule has 23 heavy (non-hydrogen) atoms. The first kappa shape index (κ1) is 15.4. The van der Waals surface area contributed by atoms with E-state index in [0.717, 1.165) is 36.9 Å². The Morgan fingerprint density at radius 3 is 2.70 bits per heavy atom. The van der Waals surface area contributed by atoms with Gasteiger partial charge in [0.05, 0.1) is 0 Å². The molecule has 0 spiro atoms. The molecule has 2 aliphatic heterocycles. The van der Waals surface area contributed by atoms with Crippen LogP contribution in [-0.2, 0) is 0 Å². The molecule has 1 aromatic heterocycles. The predicted octanol–water partition coefficient (Wildman–Crippen LogP) is 2.56. The van der Waals surface area contributed by atoms with Gasteiger partial charge in [0.2, 0.25) is 0 Å². The number of piperidine rings is 1. The van der Waals surface area contributed by atoms with Crippen molar-refractivity contribution in [3.05, 3.63) is 24.4 Å². The highest BCUT2D eigenvalue weighted by molar-refractivity contribution is 5.38. The van der Waals surface area contributed by atoms with Crippen LogP contribution in [0.1, 0.15) is 44.9 Å². The molecule has 1 aliphatic carbocycles. The van der Waals surface area contributed by atoms with E-state index >= 15 is 0 Å². The average molecular weight is 314 g/mol. The minimum absolute atomic E-state index is 0.696. The van der Waals surface area contributed by atoms with E-state index in [1.807, 2.05) is 12.3 Å². The third-order valence-electron chi connectivity index (χ3n) is 6.10. The van der Waals surface area contributed by atoms with E-state index in [4.69, 9.17) is 0 Å². The molecule has 4 nitrogen and oxygen atoms in total. The van der Waals surface area contributed by atoms with Crippen LogP contribution in [0.4, 0.5) is 5.82 Å². The molecule has 0 aromatic carbocycles. The van der Waals surface area contributed by atoms with Crippen LogP contribution in [0.25, 0.3) is 0 Å². The van der Waals surface area contributed by atoms with Crippen molar-refractivity contribution in [1.82, 2.24) is 15.6 Å². The van der Waals surface area contributed by atoms with Gasteiger partial charge in [-0.3, -0.25) is 0 Å². The van der Waals surface area contributed by atoms with Crippen molar-refractivity contribution in [2.75, 3.05) is 24.5 Å². The highest BCUT2D eigenvalue weighted by Gasteiger charge is 2.36. The Balaban J connectivity index is 1.29. The molecule has 0 bridgehead atoms. The monoisotopic (exact) mass is 314 g/mol. The summed E-state index contributed by atoms with van der Waals surface area (Å²) >= 11 is 0. The van der Waals surface area contributed by atoms with Crippen LogP contribution in [0.15, 0.2) is 24.4 Å². The van der Waals surface area contributed by atoms with E-state index in [2.05, 4.69) is 32.7 Å². The molecule has 3 aliphatic rings. The minimum Gasteiger partial charge on any atom is -0.357 e. The maximum absolute atomic E-state index is 4.49. The van der Waals surface area contributed by atoms with Gasteiger partial charge in [-0.15, -0.1) is 0 Å². The molecule has 3 unspecified atom stereocenters. The van der Waals surface area contributed by atoms with E-state index in [1.165, 1.54) is 51.5 Å². The second-order valence-electron chi connectivity index (χ2n) is 7.52. The first-order valence-corrected chi connectivity index (χ1v) is 9.55. The standard InChI is InChI=1S/C19H30N4/c1-2-11-21-19(8-1)23-13-9-15(10-14-23)22-18-6-3-5-16(18)17-7-4-12-20-17/h1-2,8,11,15-18,20,22H,3-7,9-10,12-14H2. The topological polar surface area (TPSA) is 40.2 Å². The van der Waals surface area contributed by atoms with Crippen molar-refractivity contribution in [3.63, 3.8) is 0 Å². The van der Waals surface area contributed by atoms with Crippen LogP contribution in [0.3, 0.4) is 0 Å². The third-order valence-corrected chi connectivity index (χ3v) is 6.10. The van der Waals surface area contributed by atoms with E-state index in [0.29, 0.717) is 6.04 Å². The van der Waals surface area contributed by atoms with Crippen molar-refractivity contribution < 1.29 is 0 Å². The molecule has 4 rings (SSSR count). The zero-order valence-electron chi connectivity index (χ0n) is 14.1. The molecule has 0 radical (unpaired) electrons. The summed E-state index contributed by atoms with van der Waals surface area (Å²) in [6.45, 7) is 3.50. The summed E-state index contributed by atoms with van der Waals surface area (Å²) in [6.07, 6.45) is 11.4. The Hall–Kier alpha value is -1.13. The van der Waals surface area contributed by atoms with Crippen LogP contribution in [0, 0.1) is 5.92 Å². The second-order valence-corrected chi connectivity index (χ2v) is 7.52. The van der Waals surface area contributed by atoms with Gasteiger partial charge in [0.25, 0.3) is 0 Å². The van der Waals surface area contributed by atoms with Gasteiger partial charge in [-0.05, 0) is 63.1 Å². The lowest BCUT2D eigenvalue weighted by Crippen LogP contribution is -2.50. The first-order chi connectivity index (χ1) is 11.4. The van der Waals surface area contributed by atoms with Gasteiger partial charge in [0, 0.05) is 37.4 Å². The summed E-state index contributed by atoms with van der Waals surface area (Å²) in [6, 6.07) is 8.44. The summed E-state index contributed by atoms with van der Waals surface area (Å²) in [4.78, 5) is 6.93. The number of aromatic nitrogens is 1. The van der Waals surface area contributed by atoms with Crippen LogP contribution < -0.4 is 15.5 Å². The van der Waals surface area contributed by atoms with Crippen LogP contribution in [-0.4, -0.2) is 42.7 Å². The van der Waals surface area contributed by atoms with E-state index in [-0.39, 0.29) is 0 Å². The lowest BCUT2D eigenvalue weighted by molar-refractivity contribution is 0.279. The first-order valence-electron chi connectivity index (χ1n) is 9.55. The quantitative estimate of drug-likeness (QED) is 0.896. The van der Waals surface area contributed by atoms with Crippen molar-refractivity contribution >= 4 is 5.82 Å². The zero-order valence-corrected chi connectivity index (χ0v) is 14.1. The van der Waals surface area contributed by atoms with Crippen LogP contribution in [0.5, 0.6) is 0 Å². The van der Waals surface area contributed by atoms with Gasteiger partial charge in [0.1, 0.15) is 5.82 Å². The van der Waals surface area contributed by atoms with Gasteiger partial charge >= 0.3 is 0 Å².